The second-order valence-corrected chi connectivity index (χ2v) is 9.70. The number of ketones is 1. The van der Waals surface area contributed by atoms with Gasteiger partial charge in [0, 0.05) is 11.5 Å². The van der Waals surface area contributed by atoms with E-state index in [1.807, 2.05) is 44.2 Å². The highest BCUT2D eigenvalue weighted by molar-refractivity contribution is 7.98. The van der Waals surface area contributed by atoms with E-state index < -0.39 is 23.5 Å². The Labute approximate surface area is 195 Å². The van der Waals surface area contributed by atoms with Gasteiger partial charge in [-0.25, -0.2) is 4.79 Å². The zero-order chi connectivity index (χ0) is 23.6. The van der Waals surface area contributed by atoms with Crippen LogP contribution in [0.2, 0.25) is 0 Å². The van der Waals surface area contributed by atoms with E-state index in [1.54, 1.807) is 32.5 Å². The van der Waals surface area contributed by atoms with Crippen molar-refractivity contribution in [2.24, 2.45) is 11.8 Å². The number of amides is 1. The third kappa shape index (κ3) is 8.99. The van der Waals surface area contributed by atoms with Gasteiger partial charge in [0.05, 0.1) is 17.5 Å². The lowest BCUT2D eigenvalue weighted by Gasteiger charge is -2.31. The van der Waals surface area contributed by atoms with Gasteiger partial charge in [0.1, 0.15) is 17.4 Å². The Morgan fingerprint density at radius 1 is 1.16 bits per heavy atom. The van der Waals surface area contributed by atoms with E-state index in [-0.39, 0.29) is 24.2 Å². The molecule has 0 aliphatic rings. The molecule has 0 aliphatic carbocycles. The van der Waals surface area contributed by atoms with E-state index in [1.165, 1.54) is 6.92 Å². The first-order valence-corrected chi connectivity index (χ1v) is 12.0. The number of Topliss-reactive ketones (excluding diaryl/α,β-unsaturated/α-hetero) is 1. The largest absolute Gasteiger partial charge is 0.464 e. The Morgan fingerprint density at radius 2 is 1.77 bits per heavy atom. The Hall–Kier alpha value is -1.93. The first kappa shape index (κ1) is 27.1. The molecule has 0 heterocycles. The molecule has 8 heteroatoms. The zero-order valence-electron chi connectivity index (χ0n) is 19.2. The van der Waals surface area contributed by atoms with Crippen molar-refractivity contribution in [3.05, 3.63) is 35.9 Å². The fourth-order valence-electron chi connectivity index (χ4n) is 3.02. The SMILES string of the molecule is CCOC(=O)[C@H](CSCc1ccccc1)NC(=O)C(C)(C)NC(=S)[C@H](C(C)=O)C(C)C. The predicted octanol–water partition coefficient (Wildman–Crippen LogP) is 3.52. The summed E-state index contributed by atoms with van der Waals surface area (Å²) in [5.41, 5.74) is 0.0341. The average molecular weight is 467 g/mol. The van der Waals surface area contributed by atoms with Crippen LogP contribution in [0.1, 0.15) is 47.1 Å². The van der Waals surface area contributed by atoms with Crippen LogP contribution in [0.25, 0.3) is 0 Å². The molecule has 2 atom stereocenters. The van der Waals surface area contributed by atoms with Crippen LogP contribution < -0.4 is 10.6 Å². The number of benzene rings is 1. The number of hydrogen-bond acceptors (Lipinski definition) is 6. The first-order valence-electron chi connectivity index (χ1n) is 10.4. The monoisotopic (exact) mass is 466 g/mol. The van der Waals surface area contributed by atoms with E-state index in [4.69, 9.17) is 17.0 Å². The Morgan fingerprint density at radius 3 is 2.29 bits per heavy atom. The molecule has 1 aromatic carbocycles. The molecule has 0 saturated carbocycles. The minimum atomic E-state index is -1.10. The smallest absolute Gasteiger partial charge is 0.329 e. The fourth-order valence-corrected chi connectivity index (χ4v) is 4.71. The number of carbonyl (C=O) groups excluding carboxylic acids is 3. The summed E-state index contributed by atoms with van der Waals surface area (Å²) in [5.74, 6) is -0.277. The Bertz CT molecular complexity index is 766. The molecule has 1 amide bonds. The highest BCUT2D eigenvalue weighted by Gasteiger charge is 2.35. The molecule has 1 rings (SSSR count). The number of thiocarbonyl (C=S) groups is 1. The van der Waals surface area contributed by atoms with Gasteiger partial charge in [-0.2, -0.15) is 11.8 Å². The van der Waals surface area contributed by atoms with Crippen molar-refractivity contribution in [2.75, 3.05) is 12.4 Å². The van der Waals surface area contributed by atoms with Crippen molar-refractivity contribution in [3.8, 4) is 0 Å². The third-order valence-corrected chi connectivity index (χ3v) is 6.13. The van der Waals surface area contributed by atoms with Crippen LogP contribution in [-0.4, -0.2) is 46.6 Å². The number of ether oxygens (including phenoxy) is 1. The average Bonchev–Trinajstić information content (AvgIpc) is 2.66. The molecule has 0 spiro atoms. The highest BCUT2D eigenvalue weighted by atomic mass is 32.2. The van der Waals surface area contributed by atoms with Crippen molar-refractivity contribution in [1.29, 1.82) is 0 Å². The molecule has 1 aromatic rings. The van der Waals surface area contributed by atoms with Crippen molar-refractivity contribution in [3.63, 3.8) is 0 Å². The van der Waals surface area contributed by atoms with Crippen LogP contribution in [0.15, 0.2) is 30.3 Å². The van der Waals surface area contributed by atoms with Gasteiger partial charge in [0.2, 0.25) is 5.91 Å². The molecule has 0 aromatic heterocycles. The topological polar surface area (TPSA) is 84.5 Å². The molecule has 0 saturated heterocycles. The van der Waals surface area contributed by atoms with E-state index in [0.29, 0.717) is 16.5 Å². The number of hydrogen-bond donors (Lipinski definition) is 2. The molecular weight excluding hydrogens is 432 g/mol. The van der Waals surface area contributed by atoms with Gasteiger partial charge in [-0.05, 0) is 39.2 Å². The number of esters is 1. The third-order valence-electron chi connectivity index (χ3n) is 4.66. The lowest BCUT2D eigenvalue weighted by molar-refractivity contribution is -0.147. The van der Waals surface area contributed by atoms with Crippen LogP contribution in [-0.2, 0) is 24.9 Å². The first-order chi connectivity index (χ1) is 14.5. The molecule has 0 radical (unpaired) electrons. The molecule has 6 nitrogen and oxygen atoms in total. The summed E-state index contributed by atoms with van der Waals surface area (Å²) >= 11 is 6.96. The lowest BCUT2D eigenvalue weighted by Crippen LogP contribution is -2.59. The van der Waals surface area contributed by atoms with Gasteiger partial charge in [-0.3, -0.25) is 9.59 Å². The zero-order valence-corrected chi connectivity index (χ0v) is 20.8. The fraction of sp³-hybridized carbons (Fsp3) is 0.565. The summed E-state index contributed by atoms with van der Waals surface area (Å²) in [7, 11) is 0. The Kier molecular flexibility index (Phi) is 11.2. The second kappa shape index (κ2) is 12.8. The van der Waals surface area contributed by atoms with Crippen LogP contribution in [0, 0.1) is 11.8 Å². The molecule has 172 valence electrons. The quantitative estimate of drug-likeness (QED) is 0.360. The van der Waals surface area contributed by atoms with E-state index in [2.05, 4.69) is 10.6 Å². The van der Waals surface area contributed by atoms with Crippen molar-refractivity contribution in [2.45, 2.75) is 58.9 Å². The van der Waals surface area contributed by atoms with Crippen molar-refractivity contribution < 1.29 is 19.1 Å². The summed E-state index contributed by atoms with van der Waals surface area (Å²) in [6.07, 6.45) is 0. The molecule has 0 aliphatic heterocycles. The molecular formula is C23H34N2O4S2. The molecule has 0 fully saturated rings. The van der Waals surface area contributed by atoms with Crippen LogP contribution in [0.5, 0.6) is 0 Å². The number of nitrogens with one attached hydrogen (secondary N) is 2. The molecule has 0 unspecified atom stereocenters. The van der Waals surface area contributed by atoms with Crippen LogP contribution in [0.3, 0.4) is 0 Å². The van der Waals surface area contributed by atoms with Gasteiger partial charge in [0.25, 0.3) is 0 Å². The lowest BCUT2D eigenvalue weighted by atomic mass is 9.90. The number of thioether (sulfide) groups is 1. The van der Waals surface area contributed by atoms with Crippen molar-refractivity contribution in [1.82, 2.24) is 10.6 Å². The summed E-state index contributed by atoms with van der Waals surface area (Å²) in [6.45, 7) is 10.6. The summed E-state index contributed by atoms with van der Waals surface area (Å²) in [6, 6.07) is 9.11. The molecule has 0 bridgehead atoms. The van der Waals surface area contributed by atoms with Crippen LogP contribution >= 0.6 is 24.0 Å². The second-order valence-electron chi connectivity index (χ2n) is 8.23. The van der Waals surface area contributed by atoms with E-state index in [9.17, 15) is 14.4 Å². The van der Waals surface area contributed by atoms with Gasteiger partial charge in [0.15, 0.2) is 0 Å². The minimum Gasteiger partial charge on any atom is -0.464 e. The van der Waals surface area contributed by atoms with Gasteiger partial charge in [-0.15, -0.1) is 0 Å². The van der Waals surface area contributed by atoms with Gasteiger partial charge < -0.3 is 15.4 Å². The maximum Gasteiger partial charge on any atom is 0.329 e. The van der Waals surface area contributed by atoms with E-state index in [0.717, 1.165) is 5.56 Å². The predicted molar refractivity (Wildman–Crippen MR) is 130 cm³/mol. The normalized spacial score (nSPS) is 13.3. The maximum absolute atomic E-state index is 13.0. The van der Waals surface area contributed by atoms with E-state index >= 15 is 0 Å². The maximum atomic E-state index is 13.0. The number of carbonyl (C=O) groups is 3. The summed E-state index contributed by atoms with van der Waals surface area (Å²) < 4.78 is 5.14. The number of rotatable bonds is 12. The minimum absolute atomic E-state index is 0.0121. The highest BCUT2D eigenvalue weighted by Crippen LogP contribution is 2.17. The summed E-state index contributed by atoms with van der Waals surface area (Å²) in [4.78, 5) is 37.7. The molecule has 31 heavy (non-hydrogen) atoms. The van der Waals surface area contributed by atoms with Crippen molar-refractivity contribution >= 4 is 46.6 Å². The van der Waals surface area contributed by atoms with Crippen LogP contribution in [0.4, 0.5) is 0 Å². The standard InChI is InChI=1S/C23H34N2O4S2/c1-7-29-21(27)18(14-31-13-17-11-9-8-10-12-17)24-22(28)23(5,6)25-20(30)19(15(2)3)16(4)26/h8-12,15,18-19H,7,13-14H2,1-6H3,(H,24,28)(H,25,30)/t18-,19-/m0/s1. The summed E-state index contributed by atoms with van der Waals surface area (Å²) in [5, 5.41) is 5.81. The molecule has 2 N–H and O–H groups in total. The van der Waals surface area contributed by atoms with Gasteiger partial charge >= 0.3 is 5.97 Å². The Balaban J connectivity index is 2.81. The van der Waals surface area contributed by atoms with Gasteiger partial charge in [-0.1, -0.05) is 56.4 Å².